The molecule has 2 aromatic rings. The summed E-state index contributed by atoms with van der Waals surface area (Å²) < 4.78 is 4.96. The number of carbonyl (C=O) groups is 2. The predicted molar refractivity (Wildman–Crippen MR) is 102 cm³/mol. The number of carbonyl (C=O) groups excluding carboxylic acids is 1. The van der Waals surface area contributed by atoms with Gasteiger partial charge in [0.25, 0.3) is 0 Å². The summed E-state index contributed by atoms with van der Waals surface area (Å²) in [5, 5.41) is 8.36. The average molecular weight is 352 g/mol. The Hall–Kier alpha value is -3.06. The lowest BCUT2D eigenvalue weighted by atomic mass is 10.1. The number of hydrogen-bond donors (Lipinski definition) is 1. The number of rotatable bonds is 5. The van der Waals surface area contributed by atoms with Crippen molar-refractivity contribution in [2.75, 3.05) is 6.61 Å². The lowest BCUT2D eigenvalue weighted by molar-refractivity contribution is -0.143. The monoisotopic (exact) mass is 352 g/mol. The SMILES string of the molecule is CCC(=O)OCCc1ccccc1.CCc1ccccc1C#CC(=O)O. The van der Waals surface area contributed by atoms with Gasteiger partial charge in [0.05, 0.1) is 6.61 Å². The van der Waals surface area contributed by atoms with Crippen LogP contribution in [0, 0.1) is 11.8 Å². The largest absolute Gasteiger partial charge is 0.472 e. The fourth-order valence-electron chi connectivity index (χ4n) is 2.10. The standard InChI is InChI=1S/C11H10O2.C11H14O2/c1-2-9-5-3-4-6-10(9)7-8-11(12)13;1-2-11(12)13-9-8-10-6-4-3-5-7-10/h3-6H,2H2,1H3,(H,12,13);3-7H,2,8-9H2,1H3. The van der Waals surface area contributed by atoms with Crippen molar-refractivity contribution in [3.63, 3.8) is 0 Å². The minimum Gasteiger partial charge on any atom is -0.472 e. The van der Waals surface area contributed by atoms with Crippen LogP contribution in [-0.4, -0.2) is 23.7 Å². The lowest BCUT2D eigenvalue weighted by Crippen LogP contribution is -2.05. The van der Waals surface area contributed by atoms with Crippen LogP contribution in [0.3, 0.4) is 0 Å². The minimum absolute atomic E-state index is 0.129. The van der Waals surface area contributed by atoms with Crippen LogP contribution in [0.15, 0.2) is 54.6 Å². The Morgan fingerprint density at radius 2 is 1.65 bits per heavy atom. The highest BCUT2D eigenvalue weighted by Gasteiger charge is 1.97. The molecule has 4 nitrogen and oxygen atoms in total. The fourth-order valence-corrected chi connectivity index (χ4v) is 2.10. The minimum atomic E-state index is -1.09. The number of carboxylic acids is 1. The highest BCUT2D eigenvalue weighted by atomic mass is 16.5. The van der Waals surface area contributed by atoms with Gasteiger partial charge in [0.1, 0.15) is 0 Å². The van der Waals surface area contributed by atoms with Crippen molar-refractivity contribution in [2.45, 2.75) is 33.1 Å². The van der Waals surface area contributed by atoms with Gasteiger partial charge in [-0.15, -0.1) is 0 Å². The smallest absolute Gasteiger partial charge is 0.382 e. The molecule has 2 aromatic carbocycles. The molecular weight excluding hydrogens is 328 g/mol. The van der Waals surface area contributed by atoms with E-state index in [1.165, 1.54) is 5.56 Å². The van der Waals surface area contributed by atoms with Gasteiger partial charge >= 0.3 is 11.9 Å². The second kappa shape index (κ2) is 12.3. The number of aliphatic carboxylic acids is 1. The number of hydrogen-bond acceptors (Lipinski definition) is 3. The molecule has 0 aromatic heterocycles. The van der Waals surface area contributed by atoms with Crippen molar-refractivity contribution in [3.8, 4) is 11.8 Å². The Morgan fingerprint density at radius 3 is 2.27 bits per heavy atom. The summed E-state index contributed by atoms with van der Waals surface area (Å²) in [7, 11) is 0. The van der Waals surface area contributed by atoms with Crippen LogP contribution in [0.25, 0.3) is 0 Å². The first kappa shape index (κ1) is 21.0. The maximum atomic E-state index is 10.8. The van der Waals surface area contributed by atoms with Gasteiger partial charge < -0.3 is 9.84 Å². The third-order valence-electron chi connectivity index (χ3n) is 3.49. The van der Waals surface area contributed by atoms with Gasteiger partial charge in [0.2, 0.25) is 0 Å². The predicted octanol–water partition coefficient (Wildman–Crippen LogP) is 3.87. The maximum Gasteiger partial charge on any atom is 0.382 e. The molecule has 0 atom stereocenters. The summed E-state index contributed by atoms with van der Waals surface area (Å²) >= 11 is 0. The third kappa shape index (κ3) is 8.70. The molecule has 0 saturated heterocycles. The normalized spacial score (nSPS) is 9.15. The molecule has 1 N–H and O–H groups in total. The molecule has 0 saturated carbocycles. The number of ether oxygens (including phenoxy) is 1. The maximum absolute atomic E-state index is 10.8. The molecule has 0 aliphatic rings. The van der Waals surface area contributed by atoms with E-state index in [-0.39, 0.29) is 5.97 Å². The average Bonchev–Trinajstić information content (AvgIpc) is 2.67. The summed E-state index contributed by atoms with van der Waals surface area (Å²) in [6.07, 6.45) is 2.12. The molecule has 0 radical (unpaired) electrons. The van der Waals surface area contributed by atoms with Gasteiger partial charge in [0, 0.05) is 24.3 Å². The van der Waals surface area contributed by atoms with E-state index in [9.17, 15) is 9.59 Å². The van der Waals surface area contributed by atoms with Gasteiger partial charge in [0.15, 0.2) is 0 Å². The molecule has 0 aliphatic carbocycles. The molecule has 0 bridgehead atoms. The summed E-state index contributed by atoms with van der Waals surface area (Å²) in [4.78, 5) is 21.0. The molecule has 0 amide bonds. The zero-order chi connectivity index (χ0) is 19.2. The van der Waals surface area contributed by atoms with E-state index >= 15 is 0 Å². The Kier molecular flexibility index (Phi) is 9.95. The van der Waals surface area contributed by atoms with E-state index < -0.39 is 5.97 Å². The molecule has 0 spiro atoms. The highest BCUT2D eigenvalue weighted by Crippen LogP contribution is 2.07. The molecule has 0 fully saturated rings. The molecule has 0 unspecified atom stereocenters. The van der Waals surface area contributed by atoms with Crippen LogP contribution in [0.2, 0.25) is 0 Å². The lowest BCUT2D eigenvalue weighted by Gasteiger charge is -2.02. The number of esters is 1. The number of carboxylic acid groups (broad SMARTS) is 1. The number of aryl methyl sites for hydroxylation is 1. The van der Waals surface area contributed by atoms with E-state index in [1.807, 2.05) is 61.5 Å². The van der Waals surface area contributed by atoms with Gasteiger partial charge in [-0.3, -0.25) is 4.79 Å². The van der Waals surface area contributed by atoms with Crippen LogP contribution < -0.4 is 0 Å². The van der Waals surface area contributed by atoms with E-state index in [0.29, 0.717) is 13.0 Å². The van der Waals surface area contributed by atoms with E-state index in [0.717, 1.165) is 24.0 Å². The molecule has 26 heavy (non-hydrogen) atoms. The summed E-state index contributed by atoms with van der Waals surface area (Å²) in [6, 6.07) is 17.5. The van der Waals surface area contributed by atoms with Crippen LogP contribution in [0.4, 0.5) is 0 Å². The number of benzene rings is 2. The van der Waals surface area contributed by atoms with Crippen LogP contribution >= 0.6 is 0 Å². The second-order valence-corrected chi connectivity index (χ2v) is 5.38. The molecule has 0 aliphatic heterocycles. The Morgan fingerprint density at radius 1 is 1.00 bits per heavy atom. The molecular formula is C22H24O4. The first-order valence-corrected chi connectivity index (χ1v) is 8.59. The summed E-state index contributed by atoms with van der Waals surface area (Å²) in [5.41, 5.74) is 3.08. The summed E-state index contributed by atoms with van der Waals surface area (Å²) in [6.45, 7) is 4.29. The molecule has 4 heteroatoms. The van der Waals surface area contributed by atoms with Crippen molar-refractivity contribution in [2.24, 2.45) is 0 Å². The first-order valence-electron chi connectivity index (χ1n) is 8.59. The van der Waals surface area contributed by atoms with Gasteiger partial charge in [-0.05, 0) is 23.6 Å². The van der Waals surface area contributed by atoms with Crippen LogP contribution in [0.5, 0.6) is 0 Å². The van der Waals surface area contributed by atoms with E-state index in [1.54, 1.807) is 6.92 Å². The van der Waals surface area contributed by atoms with Crippen molar-refractivity contribution in [1.82, 2.24) is 0 Å². The molecule has 2 rings (SSSR count). The van der Waals surface area contributed by atoms with E-state index in [4.69, 9.17) is 9.84 Å². The van der Waals surface area contributed by atoms with Crippen molar-refractivity contribution in [3.05, 3.63) is 71.3 Å². The second-order valence-electron chi connectivity index (χ2n) is 5.38. The Balaban J connectivity index is 0.000000260. The molecule has 0 heterocycles. The highest BCUT2D eigenvalue weighted by molar-refractivity contribution is 5.87. The van der Waals surface area contributed by atoms with Gasteiger partial charge in [-0.25, -0.2) is 4.79 Å². The zero-order valence-electron chi connectivity index (χ0n) is 15.2. The quantitative estimate of drug-likeness (QED) is 0.655. The topological polar surface area (TPSA) is 63.6 Å². The van der Waals surface area contributed by atoms with Crippen LogP contribution in [0.1, 0.15) is 37.0 Å². The van der Waals surface area contributed by atoms with E-state index in [2.05, 4.69) is 11.8 Å². The molecule has 136 valence electrons. The van der Waals surface area contributed by atoms with Gasteiger partial charge in [-0.1, -0.05) is 68.3 Å². The third-order valence-corrected chi connectivity index (χ3v) is 3.49. The van der Waals surface area contributed by atoms with Crippen LogP contribution in [-0.2, 0) is 27.2 Å². The van der Waals surface area contributed by atoms with Crippen molar-refractivity contribution in [1.29, 1.82) is 0 Å². The Bertz CT molecular complexity index is 754. The van der Waals surface area contributed by atoms with Crippen molar-refractivity contribution >= 4 is 11.9 Å². The zero-order valence-corrected chi connectivity index (χ0v) is 15.2. The van der Waals surface area contributed by atoms with Crippen molar-refractivity contribution < 1.29 is 19.4 Å². The van der Waals surface area contributed by atoms with Gasteiger partial charge in [-0.2, -0.15) is 0 Å². The Labute approximate surface area is 154 Å². The fraction of sp³-hybridized carbons (Fsp3) is 0.273. The first-order chi connectivity index (χ1) is 12.6. The summed E-state index contributed by atoms with van der Waals surface area (Å²) in [5.74, 6) is 3.50.